The summed E-state index contributed by atoms with van der Waals surface area (Å²) in [4.78, 5) is 4.06. The first-order valence-electron chi connectivity index (χ1n) is 7.19. The van der Waals surface area contributed by atoms with Crippen LogP contribution in [-0.2, 0) is 6.42 Å². The number of rotatable bonds is 6. The van der Waals surface area contributed by atoms with Gasteiger partial charge in [-0.15, -0.1) is 0 Å². The van der Waals surface area contributed by atoms with Crippen molar-refractivity contribution >= 4 is 27.5 Å². The maximum Gasteiger partial charge on any atom is 0.0622 e. The largest absolute Gasteiger partial charge is 0.310 e. The molecule has 112 valence electrons. The Labute approximate surface area is 140 Å². The van der Waals surface area contributed by atoms with Crippen LogP contribution in [0.2, 0.25) is 5.02 Å². The minimum absolute atomic E-state index is 0.235. The van der Waals surface area contributed by atoms with Gasteiger partial charge in [0.2, 0.25) is 0 Å². The summed E-state index contributed by atoms with van der Waals surface area (Å²) in [5.41, 5.74) is 3.65. The third-order valence-corrected chi connectivity index (χ3v) is 4.51. The van der Waals surface area contributed by atoms with E-state index in [1.165, 1.54) is 11.1 Å². The van der Waals surface area contributed by atoms with Gasteiger partial charge in [0.05, 0.1) is 5.02 Å². The van der Waals surface area contributed by atoms with Crippen molar-refractivity contribution in [2.45, 2.75) is 32.7 Å². The summed E-state index contributed by atoms with van der Waals surface area (Å²) in [6.45, 7) is 5.27. The minimum atomic E-state index is 0.235. The number of halogens is 2. The van der Waals surface area contributed by atoms with E-state index in [-0.39, 0.29) is 6.04 Å². The second-order valence-electron chi connectivity index (χ2n) is 5.20. The summed E-state index contributed by atoms with van der Waals surface area (Å²) in [7, 11) is 0. The van der Waals surface area contributed by atoms with Gasteiger partial charge in [0, 0.05) is 22.9 Å². The van der Waals surface area contributed by atoms with Crippen LogP contribution in [0.4, 0.5) is 0 Å². The number of nitrogens with one attached hydrogen (secondary N) is 1. The summed E-state index contributed by atoms with van der Waals surface area (Å²) in [5.74, 6) is 0. The van der Waals surface area contributed by atoms with Gasteiger partial charge < -0.3 is 5.32 Å². The first-order chi connectivity index (χ1) is 10.1. The van der Waals surface area contributed by atoms with Gasteiger partial charge in [-0.25, -0.2) is 0 Å². The molecule has 2 nitrogen and oxygen atoms in total. The molecule has 0 radical (unpaired) electrons. The summed E-state index contributed by atoms with van der Waals surface area (Å²) < 4.78 is 1.13. The molecule has 0 aliphatic carbocycles. The van der Waals surface area contributed by atoms with Crippen molar-refractivity contribution in [1.82, 2.24) is 10.3 Å². The molecule has 0 aliphatic rings. The normalized spacial score (nSPS) is 12.4. The molecule has 1 N–H and O–H groups in total. The van der Waals surface area contributed by atoms with E-state index in [1.54, 1.807) is 12.4 Å². The van der Waals surface area contributed by atoms with Crippen LogP contribution in [0.3, 0.4) is 0 Å². The lowest BCUT2D eigenvalue weighted by Gasteiger charge is -2.21. The van der Waals surface area contributed by atoms with Gasteiger partial charge in [0.15, 0.2) is 0 Å². The van der Waals surface area contributed by atoms with Crippen molar-refractivity contribution in [3.63, 3.8) is 0 Å². The minimum Gasteiger partial charge on any atom is -0.310 e. The van der Waals surface area contributed by atoms with Crippen molar-refractivity contribution in [2.24, 2.45) is 0 Å². The molecular weight excluding hydrogens is 348 g/mol. The monoisotopic (exact) mass is 366 g/mol. The Balaban J connectivity index is 2.30. The fourth-order valence-corrected chi connectivity index (χ4v) is 3.05. The Morgan fingerprint density at radius 2 is 2.14 bits per heavy atom. The lowest BCUT2D eigenvalue weighted by molar-refractivity contribution is 0.527. The third-order valence-electron chi connectivity index (χ3n) is 3.45. The molecule has 21 heavy (non-hydrogen) atoms. The van der Waals surface area contributed by atoms with E-state index < -0.39 is 0 Å². The average Bonchev–Trinajstić information content (AvgIpc) is 2.48. The van der Waals surface area contributed by atoms with Gasteiger partial charge in [-0.05, 0) is 49.6 Å². The molecule has 0 aliphatic heterocycles. The SMILES string of the molecule is CCCNC(Cc1ccncc1Cl)c1cc(C)ccc1Br. The molecule has 0 bridgehead atoms. The van der Waals surface area contributed by atoms with E-state index in [4.69, 9.17) is 11.6 Å². The third kappa shape index (κ3) is 4.53. The maximum absolute atomic E-state index is 6.26. The van der Waals surface area contributed by atoms with Gasteiger partial charge >= 0.3 is 0 Å². The van der Waals surface area contributed by atoms with Crippen LogP contribution in [0.15, 0.2) is 41.1 Å². The number of aryl methyl sites for hydroxylation is 1. The Kier molecular flexibility index (Phi) is 6.22. The maximum atomic E-state index is 6.26. The topological polar surface area (TPSA) is 24.9 Å². The zero-order valence-electron chi connectivity index (χ0n) is 12.4. The summed E-state index contributed by atoms with van der Waals surface area (Å²) in [5, 5.41) is 4.35. The van der Waals surface area contributed by atoms with Crippen LogP contribution >= 0.6 is 27.5 Å². The molecule has 4 heteroatoms. The van der Waals surface area contributed by atoms with Crippen LogP contribution in [-0.4, -0.2) is 11.5 Å². The number of pyridine rings is 1. The van der Waals surface area contributed by atoms with Crippen LogP contribution in [0.1, 0.15) is 36.1 Å². The van der Waals surface area contributed by atoms with Gasteiger partial charge in [0.25, 0.3) is 0 Å². The zero-order valence-corrected chi connectivity index (χ0v) is 14.7. The van der Waals surface area contributed by atoms with Crippen LogP contribution in [0.25, 0.3) is 0 Å². The fraction of sp³-hybridized carbons (Fsp3) is 0.353. The Bertz CT molecular complexity index is 601. The van der Waals surface area contributed by atoms with Gasteiger partial charge in [0.1, 0.15) is 0 Å². The predicted molar refractivity (Wildman–Crippen MR) is 92.9 cm³/mol. The van der Waals surface area contributed by atoms with E-state index in [2.05, 4.69) is 58.3 Å². The molecule has 1 unspecified atom stereocenters. The van der Waals surface area contributed by atoms with E-state index in [0.717, 1.165) is 34.4 Å². The smallest absolute Gasteiger partial charge is 0.0622 e. The highest BCUT2D eigenvalue weighted by atomic mass is 79.9. The number of benzene rings is 1. The van der Waals surface area contributed by atoms with Gasteiger partial charge in [-0.2, -0.15) is 0 Å². The van der Waals surface area contributed by atoms with Crippen molar-refractivity contribution < 1.29 is 0 Å². The molecule has 2 rings (SSSR count). The highest BCUT2D eigenvalue weighted by Gasteiger charge is 2.16. The molecule has 0 saturated heterocycles. The Morgan fingerprint density at radius 1 is 1.33 bits per heavy atom. The summed E-state index contributed by atoms with van der Waals surface area (Å²) in [6.07, 6.45) is 5.45. The Hall–Kier alpha value is -0.900. The molecule has 0 amide bonds. The van der Waals surface area contributed by atoms with Crippen molar-refractivity contribution in [3.05, 3.63) is 62.8 Å². The van der Waals surface area contributed by atoms with Gasteiger partial charge in [-0.1, -0.05) is 52.2 Å². The van der Waals surface area contributed by atoms with Crippen molar-refractivity contribution in [2.75, 3.05) is 6.54 Å². The molecule has 0 fully saturated rings. The molecule has 2 aromatic rings. The van der Waals surface area contributed by atoms with E-state index in [1.807, 2.05) is 6.07 Å². The molecule has 1 aromatic carbocycles. The number of nitrogens with zero attached hydrogens (tertiary/aromatic N) is 1. The van der Waals surface area contributed by atoms with Crippen LogP contribution < -0.4 is 5.32 Å². The average molecular weight is 368 g/mol. The number of hydrogen-bond donors (Lipinski definition) is 1. The highest BCUT2D eigenvalue weighted by Crippen LogP contribution is 2.29. The lowest BCUT2D eigenvalue weighted by Crippen LogP contribution is -2.24. The van der Waals surface area contributed by atoms with E-state index >= 15 is 0 Å². The Morgan fingerprint density at radius 3 is 2.86 bits per heavy atom. The van der Waals surface area contributed by atoms with Crippen LogP contribution in [0, 0.1) is 6.92 Å². The number of hydrogen-bond acceptors (Lipinski definition) is 2. The second-order valence-corrected chi connectivity index (χ2v) is 6.46. The molecule has 1 aromatic heterocycles. The number of aromatic nitrogens is 1. The fourth-order valence-electron chi connectivity index (χ4n) is 2.33. The molecule has 0 spiro atoms. The standard InChI is InChI=1S/C17H20BrClN2/c1-3-7-21-17(10-13-6-8-20-11-16(13)19)14-9-12(2)4-5-15(14)18/h4-6,8-9,11,17,21H,3,7,10H2,1-2H3. The molecule has 0 saturated carbocycles. The van der Waals surface area contributed by atoms with E-state index in [0.29, 0.717) is 0 Å². The second kappa shape index (κ2) is 7.92. The molecular formula is C17H20BrClN2. The zero-order chi connectivity index (χ0) is 15.2. The van der Waals surface area contributed by atoms with Crippen molar-refractivity contribution in [1.29, 1.82) is 0 Å². The molecule has 1 heterocycles. The quantitative estimate of drug-likeness (QED) is 0.769. The van der Waals surface area contributed by atoms with Crippen molar-refractivity contribution in [3.8, 4) is 0 Å². The molecule has 1 atom stereocenters. The van der Waals surface area contributed by atoms with Gasteiger partial charge in [-0.3, -0.25) is 4.98 Å². The highest BCUT2D eigenvalue weighted by molar-refractivity contribution is 9.10. The van der Waals surface area contributed by atoms with Crippen LogP contribution in [0.5, 0.6) is 0 Å². The van der Waals surface area contributed by atoms with E-state index in [9.17, 15) is 0 Å². The lowest BCUT2D eigenvalue weighted by atomic mass is 9.98. The summed E-state index contributed by atoms with van der Waals surface area (Å²) in [6, 6.07) is 8.68. The predicted octanol–water partition coefficient (Wildman–Crippen LogP) is 5.09. The first kappa shape index (κ1) is 16.5. The first-order valence-corrected chi connectivity index (χ1v) is 8.36. The summed E-state index contributed by atoms with van der Waals surface area (Å²) >= 11 is 9.93.